The molecular formula is C15H23ClN2. The Hall–Kier alpha value is -0.730. The van der Waals surface area contributed by atoms with E-state index in [-0.39, 0.29) is 0 Å². The Morgan fingerprint density at radius 3 is 2.56 bits per heavy atom. The van der Waals surface area contributed by atoms with Crippen molar-refractivity contribution in [2.45, 2.75) is 39.3 Å². The fourth-order valence-corrected chi connectivity index (χ4v) is 3.04. The molecule has 0 aliphatic carbocycles. The van der Waals surface area contributed by atoms with Gasteiger partial charge in [-0.15, -0.1) is 0 Å². The van der Waals surface area contributed by atoms with Crippen LogP contribution >= 0.6 is 11.6 Å². The Bertz CT molecular complexity index is 377. The SMILES string of the molecule is CCNC1CCN(c2ccc(Cl)cc2)C(C)C1C. The van der Waals surface area contributed by atoms with Gasteiger partial charge in [-0.25, -0.2) is 0 Å². The minimum Gasteiger partial charge on any atom is -0.368 e. The zero-order valence-electron chi connectivity index (χ0n) is 11.5. The molecule has 1 heterocycles. The third-order valence-electron chi connectivity index (χ3n) is 4.19. The lowest BCUT2D eigenvalue weighted by Gasteiger charge is -2.44. The topological polar surface area (TPSA) is 15.3 Å². The average molecular weight is 267 g/mol. The van der Waals surface area contributed by atoms with Gasteiger partial charge < -0.3 is 10.2 Å². The predicted octanol–water partition coefficient (Wildman–Crippen LogP) is 3.55. The fraction of sp³-hybridized carbons (Fsp3) is 0.600. The highest BCUT2D eigenvalue weighted by atomic mass is 35.5. The van der Waals surface area contributed by atoms with E-state index >= 15 is 0 Å². The average Bonchev–Trinajstić information content (AvgIpc) is 2.37. The molecule has 0 spiro atoms. The molecule has 18 heavy (non-hydrogen) atoms. The second-order valence-corrected chi connectivity index (χ2v) is 5.66. The van der Waals surface area contributed by atoms with Gasteiger partial charge in [0.1, 0.15) is 0 Å². The number of anilines is 1. The highest BCUT2D eigenvalue weighted by Crippen LogP contribution is 2.29. The van der Waals surface area contributed by atoms with Crippen molar-refractivity contribution in [3.63, 3.8) is 0 Å². The maximum Gasteiger partial charge on any atom is 0.0407 e. The Morgan fingerprint density at radius 1 is 1.28 bits per heavy atom. The molecule has 1 saturated heterocycles. The van der Waals surface area contributed by atoms with Gasteiger partial charge in [0.2, 0.25) is 0 Å². The van der Waals surface area contributed by atoms with Crippen molar-refractivity contribution in [3.8, 4) is 0 Å². The van der Waals surface area contributed by atoms with Crippen molar-refractivity contribution in [2.24, 2.45) is 5.92 Å². The van der Waals surface area contributed by atoms with Crippen molar-refractivity contribution in [1.29, 1.82) is 0 Å². The number of nitrogens with one attached hydrogen (secondary N) is 1. The van der Waals surface area contributed by atoms with Gasteiger partial charge in [-0.05, 0) is 50.1 Å². The monoisotopic (exact) mass is 266 g/mol. The minimum absolute atomic E-state index is 0.559. The Labute approximate surface area is 115 Å². The van der Waals surface area contributed by atoms with Crippen molar-refractivity contribution in [1.82, 2.24) is 5.32 Å². The van der Waals surface area contributed by atoms with Crippen LogP contribution < -0.4 is 10.2 Å². The summed E-state index contributed by atoms with van der Waals surface area (Å²) in [6.07, 6.45) is 1.21. The molecule has 0 amide bonds. The van der Waals surface area contributed by atoms with Gasteiger partial charge in [0.15, 0.2) is 0 Å². The summed E-state index contributed by atoms with van der Waals surface area (Å²) in [5.74, 6) is 0.661. The first-order valence-corrected chi connectivity index (χ1v) is 7.27. The number of hydrogen-bond acceptors (Lipinski definition) is 2. The maximum atomic E-state index is 5.95. The summed E-state index contributed by atoms with van der Waals surface area (Å²) in [6.45, 7) is 9.03. The molecule has 3 atom stereocenters. The number of benzene rings is 1. The number of piperidine rings is 1. The molecule has 1 aliphatic rings. The van der Waals surface area contributed by atoms with Gasteiger partial charge >= 0.3 is 0 Å². The quantitative estimate of drug-likeness (QED) is 0.900. The van der Waals surface area contributed by atoms with Crippen LogP contribution in [0.3, 0.4) is 0 Å². The van der Waals surface area contributed by atoms with Crippen LogP contribution in [0.4, 0.5) is 5.69 Å². The van der Waals surface area contributed by atoms with Crippen molar-refractivity contribution in [3.05, 3.63) is 29.3 Å². The summed E-state index contributed by atoms with van der Waals surface area (Å²) < 4.78 is 0. The van der Waals surface area contributed by atoms with Crippen LogP contribution in [-0.2, 0) is 0 Å². The van der Waals surface area contributed by atoms with Crippen molar-refractivity contribution < 1.29 is 0 Å². The number of nitrogens with zero attached hydrogens (tertiary/aromatic N) is 1. The zero-order chi connectivity index (χ0) is 13.1. The third-order valence-corrected chi connectivity index (χ3v) is 4.44. The highest BCUT2D eigenvalue weighted by molar-refractivity contribution is 6.30. The third kappa shape index (κ3) is 2.81. The molecule has 3 unspecified atom stereocenters. The lowest BCUT2D eigenvalue weighted by molar-refractivity contribution is 0.274. The van der Waals surface area contributed by atoms with Crippen LogP contribution in [0.15, 0.2) is 24.3 Å². The van der Waals surface area contributed by atoms with Crippen LogP contribution in [0.1, 0.15) is 27.2 Å². The Kier molecular flexibility index (Phi) is 4.52. The summed E-state index contributed by atoms with van der Waals surface area (Å²) >= 11 is 5.95. The maximum absolute atomic E-state index is 5.95. The van der Waals surface area contributed by atoms with E-state index in [0.29, 0.717) is 18.0 Å². The predicted molar refractivity (Wildman–Crippen MR) is 79.5 cm³/mol. The van der Waals surface area contributed by atoms with E-state index in [1.165, 1.54) is 12.1 Å². The number of hydrogen-bond donors (Lipinski definition) is 1. The lowest BCUT2D eigenvalue weighted by atomic mass is 9.86. The normalized spacial score (nSPS) is 28.4. The molecule has 1 fully saturated rings. The molecule has 1 aromatic carbocycles. The summed E-state index contributed by atoms with van der Waals surface area (Å²) in [5.41, 5.74) is 1.29. The molecule has 2 nitrogen and oxygen atoms in total. The van der Waals surface area contributed by atoms with Crippen molar-refractivity contribution >= 4 is 17.3 Å². The number of rotatable bonds is 3. The van der Waals surface area contributed by atoms with E-state index in [1.54, 1.807) is 0 Å². The second kappa shape index (κ2) is 5.94. The van der Waals surface area contributed by atoms with Gasteiger partial charge in [-0.2, -0.15) is 0 Å². The van der Waals surface area contributed by atoms with E-state index in [2.05, 4.69) is 43.1 Å². The minimum atomic E-state index is 0.559. The molecule has 1 aromatic rings. The van der Waals surface area contributed by atoms with Gasteiger partial charge in [0.25, 0.3) is 0 Å². The second-order valence-electron chi connectivity index (χ2n) is 5.22. The summed E-state index contributed by atoms with van der Waals surface area (Å²) in [6, 6.07) is 9.41. The van der Waals surface area contributed by atoms with Crippen LogP contribution in [0.5, 0.6) is 0 Å². The molecular weight excluding hydrogens is 244 g/mol. The first-order chi connectivity index (χ1) is 8.63. The highest BCUT2D eigenvalue weighted by Gasteiger charge is 2.31. The largest absolute Gasteiger partial charge is 0.368 e. The molecule has 0 bridgehead atoms. The van der Waals surface area contributed by atoms with Gasteiger partial charge in [-0.3, -0.25) is 0 Å². The van der Waals surface area contributed by atoms with E-state index in [9.17, 15) is 0 Å². The number of halogens is 1. The molecule has 0 radical (unpaired) electrons. The van der Waals surface area contributed by atoms with E-state index in [4.69, 9.17) is 11.6 Å². The van der Waals surface area contributed by atoms with Crippen LogP contribution in [-0.4, -0.2) is 25.2 Å². The first kappa shape index (κ1) is 13.7. The first-order valence-electron chi connectivity index (χ1n) is 6.89. The van der Waals surface area contributed by atoms with E-state index in [1.807, 2.05) is 12.1 Å². The van der Waals surface area contributed by atoms with Crippen LogP contribution in [0, 0.1) is 5.92 Å². The Morgan fingerprint density at radius 2 is 1.94 bits per heavy atom. The summed E-state index contributed by atoms with van der Waals surface area (Å²) in [7, 11) is 0. The van der Waals surface area contributed by atoms with Crippen molar-refractivity contribution in [2.75, 3.05) is 18.0 Å². The fourth-order valence-electron chi connectivity index (χ4n) is 2.91. The lowest BCUT2D eigenvalue weighted by Crippen LogP contribution is -2.53. The molecule has 100 valence electrons. The van der Waals surface area contributed by atoms with Crippen LogP contribution in [0.25, 0.3) is 0 Å². The molecule has 3 heteroatoms. The van der Waals surface area contributed by atoms with Gasteiger partial charge in [-0.1, -0.05) is 25.4 Å². The van der Waals surface area contributed by atoms with E-state index < -0.39 is 0 Å². The molecule has 2 rings (SSSR count). The molecule has 0 saturated carbocycles. The van der Waals surface area contributed by atoms with E-state index in [0.717, 1.165) is 18.1 Å². The van der Waals surface area contributed by atoms with Gasteiger partial charge in [0.05, 0.1) is 0 Å². The zero-order valence-corrected chi connectivity index (χ0v) is 12.2. The molecule has 1 N–H and O–H groups in total. The summed E-state index contributed by atoms with van der Waals surface area (Å²) in [5, 5.41) is 4.41. The van der Waals surface area contributed by atoms with Crippen LogP contribution in [0.2, 0.25) is 5.02 Å². The summed E-state index contributed by atoms with van der Waals surface area (Å²) in [4.78, 5) is 2.49. The standard InChI is InChI=1S/C15H23ClN2/c1-4-17-15-9-10-18(12(3)11(15)2)14-7-5-13(16)6-8-14/h5-8,11-12,15,17H,4,9-10H2,1-3H3. The van der Waals surface area contributed by atoms with Gasteiger partial charge in [0, 0.05) is 29.3 Å². The Balaban J connectivity index is 2.10. The smallest absolute Gasteiger partial charge is 0.0407 e. The molecule has 1 aliphatic heterocycles. The molecule has 0 aromatic heterocycles.